The van der Waals surface area contributed by atoms with Crippen LogP contribution in [0.25, 0.3) is 22.4 Å². The second-order valence-corrected chi connectivity index (χ2v) is 9.09. The number of carbonyl (C=O) groups excluding carboxylic acids is 2. The minimum atomic E-state index is -0.0576. The fourth-order valence-corrected chi connectivity index (χ4v) is 5.12. The van der Waals surface area contributed by atoms with Gasteiger partial charge in [0.15, 0.2) is 0 Å². The van der Waals surface area contributed by atoms with Crippen molar-refractivity contribution in [2.24, 2.45) is 17.8 Å². The Balaban J connectivity index is 1.32. The van der Waals surface area contributed by atoms with Crippen molar-refractivity contribution in [3.63, 3.8) is 0 Å². The van der Waals surface area contributed by atoms with Crippen LogP contribution in [0.15, 0.2) is 54.2 Å². The number of nitrogens with one attached hydrogen (secondary N) is 2. The van der Waals surface area contributed by atoms with Gasteiger partial charge in [-0.15, -0.1) is 0 Å². The van der Waals surface area contributed by atoms with E-state index < -0.39 is 0 Å². The second-order valence-electron chi connectivity index (χ2n) is 9.09. The molecule has 1 fully saturated rings. The molecule has 0 saturated heterocycles. The van der Waals surface area contributed by atoms with Gasteiger partial charge in [0.2, 0.25) is 0 Å². The van der Waals surface area contributed by atoms with Gasteiger partial charge in [0.05, 0.1) is 11.0 Å². The highest BCUT2D eigenvalue weighted by atomic mass is 16.1. The van der Waals surface area contributed by atoms with Gasteiger partial charge in [-0.2, -0.15) is 0 Å². The summed E-state index contributed by atoms with van der Waals surface area (Å²) in [6.07, 6.45) is 9.34. The summed E-state index contributed by atoms with van der Waals surface area (Å²) in [6.45, 7) is 2.23. The molecule has 3 unspecified atom stereocenters. The van der Waals surface area contributed by atoms with Gasteiger partial charge in [-0.3, -0.25) is 9.59 Å². The topological polar surface area (TPSA) is 74.8 Å². The Labute approximate surface area is 182 Å². The maximum atomic E-state index is 12.9. The Kier molecular flexibility index (Phi) is 5.18. The zero-order chi connectivity index (χ0) is 21.4. The average Bonchev–Trinajstić information content (AvgIpc) is 3.42. The molecule has 5 rings (SSSR count). The molecule has 0 aliphatic heterocycles. The third kappa shape index (κ3) is 4.05. The van der Waals surface area contributed by atoms with Gasteiger partial charge in [-0.25, -0.2) is 4.98 Å². The summed E-state index contributed by atoms with van der Waals surface area (Å²) < 4.78 is 0. The van der Waals surface area contributed by atoms with Crippen LogP contribution in [0.2, 0.25) is 0 Å². The van der Waals surface area contributed by atoms with E-state index in [0.717, 1.165) is 52.7 Å². The van der Waals surface area contributed by atoms with Gasteiger partial charge >= 0.3 is 0 Å². The number of hydrogen-bond donors (Lipinski definition) is 2. The van der Waals surface area contributed by atoms with Crippen LogP contribution < -0.4 is 5.32 Å². The number of imidazole rings is 1. The van der Waals surface area contributed by atoms with Crippen molar-refractivity contribution in [3.8, 4) is 11.4 Å². The number of aromatic amines is 1. The molecular formula is C26H27N3O2. The van der Waals surface area contributed by atoms with Crippen molar-refractivity contribution in [3.05, 3.63) is 65.4 Å². The van der Waals surface area contributed by atoms with Crippen molar-refractivity contribution in [1.29, 1.82) is 0 Å². The lowest BCUT2D eigenvalue weighted by atomic mass is 9.87. The normalized spacial score (nSPS) is 24.8. The highest BCUT2D eigenvalue weighted by Gasteiger charge is 2.29. The van der Waals surface area contributed by atoms with E-state index in [-0.39, 0.29) is 5.91 Å². The molecule has 1 aromatic heterocycles. The lowest BCUT2D eigenvalue weighted by molar-refractivity contribution is 0.0960. The van der Waals surface area contributed by atoms with Gasteiger partial charge in [0, 0.05) is 22.4 Å². The molecule has 2 aliphatic rings. The monoisotopic (exact) mass is 413 g/mol. The third-order valence-electron chi connectivity index (χ3n) is 6.86. The van der Waals surface area contributed by atoms with E-state index >= 15 is 0 Å². The van der Waals surface area contributed by atoms with Crippen LogP contribution in [0.3, 0.4) is 0 Å². The predicted molar refractivity (Wildman–Crippen MR) is 122 cm³/mol. The number of hydrogen-bond acceptors (Lipinski definition) is 3. The smallest absolute Gasteiger partial charge is 0.255 e. The fraction of sp³-hybridized carbons (Fsp3) is 0.346. The van der Waals surface area contributed by atoms with Crippen LogP contribution in [-0.2, 0) is 0 Å². The number of benzene rings is 2. The number of fused-ring (bicyclic) bond motifs is 3. The molecule has 3 atom stereocenters. The Morgan fingerprint density at radius 2 is 1.90 bits per heavy atom. The van der Waals surface area contributed by atoms with Gasteiger partial charge < -0.3 is 10.3 Å². The van der Waals surface area contributed by atoms with Crippen molar-refractivity contribution in [2.45, 2.75) is 39.0 Å². The maximum absolute atomic E-state index is 12.9. The number of rotatable bonds is 4. The molecule has 1 amide bonds. The number of aldehydes is 1. The van der Waals surface area contributed by atoms with E-state index in [0.29, 0.717) is 17.0 Å². The number of H-pyrrole nitrogens is 1. The van der Waals surface area contributed by atoms with E-state index in [1.54, 1.807) is 12.1 Å². The van der Waals surface area contributed by atoms with E-state index in [1.807, 2.05) is 30.3 Å². The number of amides is 1. The first-order valence-corrected chi connectivity index (χ1v) is 11.2. The zero-order valence-electron chi connectivity index (χ0n) is 17.7. The largest absolute Gasteiger partial charge is 0.338 e. The molecule has 2 aliphatic carbocycles. The van der Waals surface area contributed by atoms with E-state index in [2.05, 4.69) is 28.3 Å². The Hall–Kier alpha value is -3.21. The molecule has 1 saturated carbocycles. The quantitative estimate of drug-likeness (QED) is 0.555. The van der Waals surface area contributed by atoms with Crippen molar-refractivity contribution >= 4 is 23.2 Å². The van der Waals surface area contributed by atoms with Crippen molar-refractivity contribution < 1.29 is 9.59 Å². The molecule has 1 heterocycles. The molecular weight excluding hydrogens is 386 g/mol. The molecule has 0 spiro atoms. The molecule has 5 heteroatoms. The maximum Gasteiger partial charge on any atom is 0.255 e. The molecule has 0 radical (unpaired) electrons. The van der Waals surface area contributed by atoms with Crippen LogP contribution in [0, 0.1) is 17.8 Å². The molecule has 5 nitrogen and oxygen atoms in total. The summed E-state index contributed by atoms with van der Waals surface area (Å²) in [7, 11) is 0. The van der Waals surface area contributed by atoms with Crippen LogP contribution in [0.1, 0.15) is 59.7 Å². The zero-order valence-corrected chi connectivity index (χ0v) is 17.7. The molecule has 3 aromatic rings. The number of aromatic nitrogens is 2. The average molecular weight is 414 g/mol. The summed E-state index contributed by atoms with van der Waals surface area (Å²) in [6, 6.07) is 12.9. The summed E-state index contributed by atoms with van der Waals surface area (Å²) in [5.41, 5.74) is 4.85. The van der Waals surface area contributed by atoms with Gasteiger partial charge in [0.25, 0.3) is 5.91 Å². The minimum Gasteiger partial charge on any atom is -0.338 e. The highest BCUT2D eigenvalue weighted by molar-refractivity contribution is 5.96. The van der Waals surface area contributed by atoms with Gasteiger partial charge in [-0.05, 0) is 73.8 Å². The van der Waals surface area contributed by atoms with E-state index in [4.69, 9.17) is 0 Å². The van der Waals surface area contributed by atoms with Crippen LogP contribution in [0.5, 0.6) is 0 Å². The first kappa shape index (κ1) is 19.7. The standard InChI is InChI=1S/C26H27N3O2/c1-16-12-18-3-2-17(13-18)4-10-22(16)29-26(31)21-8-6-20(7-9-21)25-27-23-11-5-19(15-30)14-24(23)28-25/h5-11,14-18H,2-4,12-13H2,1H3,(H,27,28)(H,29,31)/b22-10-. The van der Waals surface area contributed by atoms with Crippen LogP contribution >= 0.6 is 0 Å². The van der Waals surface area contributed by atoms with Gasteiger partial charge in [0.1, 0.15) is 12.1 Å². The number of allylic oxidation sites excluding steroid dienone is 2. The number of carbonyl (C=O) groups is 2. The SMILES string of the molecule is CC1CC2CCC(C/C=C/1NC(=O)c1ccc(-c3nc4ccc(C=O)cc4[nH]3)cc1)C2. The molecule has 158 valence electrons. The lowest BCUT2D eigenvalue weighted by Gasteiger charge is -2.23. The van der Waals surface area contributed by atoms with E-state index in [9.17, 15) is 9.59 Å². The summed E-state index contributed by atoms with van der Waals surface area (Å²) in [5, 5.41) is 3.18. The summed E-state index contributed by atoms with van der Waals surface area (Å²) in [5.74, 6) is 2.65. The Morgan fingerprint density at radius 1 is 1.10 bits per heavy atom. The van der Waals surface area contributed by atoms with Crippen LogP contribution in [0.4, 0.5) is 0 Å². The Morgan fingerprint density at radius 3 is 2.71 bits per heavy atom. The Bertz CT molecular complexity index is 1160. The van der Waals surface area contributed by atoms with Gasteiger partial charge in [-0.1, -0.05) is 31.6 Å². The number of nitrogens with zero attached hydrogens (tertiary/aromatic N) is 1. The second kappa shape index (κ2) is 8.14. The highest BCUT2D eigenvalue weighted by Crippen LogP contribution is 2.40. The molecule has 2 bridgehead atoms. The molecule has 2 N–H and O–H groups in total. The third-order valence-corrected chi connectivity index (χ3v) is 6.86. The van der Waals surface area contributed by atoms with E-state index in [1.165, 1.54) is 25.7 Å². The molecule has 2 aromatic carbocycles. The van der Waals surface area contributed by atoms with Crippen LogP contribution in [-0.4, -0.2) is 22.2 Å². The minimum absolute atomic E-state index is 0.0576. The summed E-state index contributed by atoms with van der Waals surface area (Å²) in [4.78, 5) is 31.7. The lowest BCUT2D eigenvalue weighted by Crippen LogP contribution is -2.27. The first-order valence-electron chi connectivity index (χ1n) is 11.2. The first-order chi connectivity index (χ1) is 15.1. The van der Waals surface area contributed by atoms with Crippen molar-refractivity contribution in [2.75, 3.05) is 0 Å². The van der Waals surface area contributed by atoms with Crippen molar-refractivity contribution in [1.82, 2.24) is 15.3 Å². The summed E-state index contributed by atoms with van der Waals surface area (Å²) >= 11 is 0. The predicted octanol–water partition coefficient (Wildman–Crippen LogP) is 5.50. The molecule has 31 heavy (non-hydrogen) atoms. The fourth-order valence-electron chi connectivity index (χ4n) is 5.12.